The van der Waals surface area contributed by atoms with Gasteiger partial charge in [-0.1, -0.05) is 30.3 Å². The fourth-order valence-electron chi connectivity index (χ4n) is 2.94. The number of carbonyl (C=O) groups is 1. The van der Waals surface area contributed by atoms with Crippen LogP contribution in [0.25, 0.3) is 0 Å². The Bertz CT molecular complexity index is 449. The van der Waals surface area contributed by atoms with E-state index in [9.17, 15) is 4.79 Å². The molecule has 0 bridgehead atoms. The van der Waals surface area contributed by atoms with Crippen molar-refractivity contribution in [2.75, 3.05) is 13.2 Å². The maximum absolute atomic E-state index is 12.5. The minimum atomic E-state index is -0.0794. The summed E-state index contributed by atoms with van der Waals surface area (Å²) in [5.41, 5.74) is 1.28. The van der Waals surface area contributed by atoms with Crippen LogP contribution in [0.1, 0.15) is 32.8 Å². The highest BCUT2D eigenvalue weighted by molar-refractivity contribution is 5.84. The number of nitrogens with one attached hydrogen (secondary N) is 1. The predicted octanol–water partition coefficient (Wildman–Crippen LogP) is 2.19. The van der Waals surface area contributed by atoms with Gasteiger partial charge in [0.05, 0.1) is 24.9 Å². The van der Waals surface area contributed by atoms with Crippen LogP contribution in [-0.4, -0.2) is 42.3 Å². The molecule has 2 rings (SSSR count). The van der Waals surface area contributed by atoms with Gasteiger partial charge in [0.1, 0.15) is 0 Å². The Labute approximate surface area is 127 Å². The maximum Gasteiger partial charge on any atom is 0.241 e. The van der Waals surface area contributed by atoms with E-state index in [4.69, 9.17) is 4.74 Å². The highest BCUT2D eigenvalue weighted by atomic mass is 16.5. The maximum atomic E-state index is 12.5. The summed E-state index contributed by atoms with van der Waals surface area (Å²) in [4.78, 5) is 14.5. The largest absolute Gasteiger partial charge is 0.380 e. The van der Waals surface area contributed by atoms with Gasteiger partial charge in [0.25, 0.3) is 0 Å². The monoisotopic (exact) mass is 290 g/mol. The Morgan fingerprint density at radius 1 is 1.33 bits per heavy atom. The molecule has 0 saturated carbocycles. The summed E-state index contributed by atoms with van der Waals surface area (Å²) in [5, 5.41) is 3.40. The zero-order valence-corrected chi connectivity index (χ0v) is 13.2. The number of rotatable bonds is 7. The lowest BCUT2D eigenvalue weighted by molar-refractivity contribution is -0.133. The van der Waals surface area contributed by atoms with Crippen molar-refractivity contribution in [2.45, 2.75) is 51.9 Å². The third-order valence-electron chi connectivity index (χ3n) is 4.01. The smallest absolute Gasteiger partial charge is 0.241 e. The first-order chi connectivity index (χ1) is 10.1. The lowest BCUT2D eigenvalue weighted by Gasteiger charge is -2.27. The zero-order chi connectivity index (χ0) is 15.2. The third kappa shape index (κ3) is 4.05. The summed E-state index contributed by atoms with van der Waals surface area (Å²) >= 11 is 0. The van der Waals surface area contributed by atoms with Crippen molar-refractivity contribution in [1.29, 1.82) is 0 Å². The summed E-state index contributed by atoms with van der Waals surface area (Å²) in [6.07, 6.45) is 1.84. The summed E-state index contributed by atoms with van der Waals surface area (Å²) in [6, 6.07) is 10.3. The minimum Gasteiger partial charge on any atom is -0.380 e. The van der Waals surface area contributed by atoms with Crippen molar-refractivity contribution in [1.82, 2.24) is 10.2 Å². The summed E-state index contributed by atoms with van der Waals surface area (Å²) < 4.78 is 5.45. The second kappa shape index (κ2) is 7.57. The summed E-state index contributed by atoms with van der Waals surface area (Å²) in [7, 11) is 0. The van der Waals surface area contributed by atoms with Crippen LogP contribution in [0, 0.1) is 0 Å². The molecule has 0 radical (unpaired) electrons. The first-order valence-corrected chi connectivity index (χ1v) is 7.83. The second-order valence-electron chi connectivity index (χ2n) is 5.67. The number of benzene rings is 1. The molecule has 1 aliphatic rings. The van der Waals surface area contributed by atoms with E-state index in [1.165, 1.54) is 5.56 Å². The lowest BCUT2D eigenvalue weighted by Crippen LogP contribution is -2.43. The van der Waals surface area contributed by atoms with E-state index in [1.54, 1.807) is 0 Å². The Morgan fingerprint density at radius 3 is 2.71 bits per heavy atom. The normalized spacial score (nSPS) is 23.6. The molecule has 4 nitrogen and oxygen atoms in total. The van der Waals surface area contributed by atoms with Crippen molar-refractivity contribution >= 4 is 5.91 Å². The predicted molar refractivity (Wildman–Crippen MR) is 83.9 cm³/mol. The van der Waals surface area contributed by atoms with Gasteiger partial charge in [0, 0.05) is 6.61 Å². The highest BCUT2D eigenvalue weighted by Crippen LogP contribution is 2.18. The van der Waals surface area contributed by atoms with Gasteiger partial charge in [0.15, 0.2) is 0 Å². The van der Waals surface area contributed by atoms with Gasteiger partial charge in [-0.3, -0.25) is 10.1 Å². The molecule has 1 heterocycles. The van der Waals surface area contributed by atoms with Crippen molar-refractivity contribution in [3.8, 4) is 0 Å². The molecule has 1 aliphatic heterocycles. The van der Waals surface area contributed by atoms with Crippen LogP contribution in [0.15, 0.2) is 30.3 Å². The van der Waals surface area contributed by atoms with Gasteiger partial charge < -0.3 is 9.64 Å². The molecular weight excluding hydrogens is 264 g/mol. The van der Waals surface area contributed by atoms with Gasteiger partial charge in [-0.15, -0.1) is 0 Å². The molecule has 1 aromatic carbocycles. The first kappa shape index (κ1) is 16.0. The van der Waals surface area contributed by atoms with Crippen LogP contribution in [0.5, 0.6) is 0 Å². The van der Waals surface area contributed by atoms with Crippen LogP contribution in [-0.2, 0) is 16.0 Å². The second-order valence-corrected chi connectivity index (χ2v) is 5.67. The molecular formula is C17H26N2O2. The SMILES string of the molecule is CCOCC(C)N1C(=O)C(CCc2ccccc2)NC1C. The number of nitrogens with zero attached hydrogens (tertiary/aromatic N) is 1. The lowest BCUT2D eigenvalue weighted by atomic mass is 10.1. The van der Waals surface area contributed by atoms with Gasteiger partial charge in [0.2, 0.25) is 5.91 Å². The van der Waals surface area contributed by atoms with E-state index in [1.807, 2.05) is 43.9 Å². The third-order valence-corrected chi connectivity index (χ3v) is 4.01. The highest BCUT2D eigenvalue weighted by Gasteiger charge is 2.38. The summed E-state index contributed by atoms with van der Waals surface area (Å²) in [5.74, 6) is 0.200. The van der Waals surface area contributed by atoms with Crippen LogP contribution >= 0.6 is 0 Å². The number of aryl methyl sites for hydroxylation is 1. The van der Waals surface area contributed by atoms with Crippen molar-refractivity contribution in [2.24, 2.45) is 0 Å². The molecule has 1 amide bonds. The van der Waals surface area contributed by atoms with E-state index in [-0.39, 0.29) is 24.2 Å². The Balaban J connectivity index is 1.90. The van der Waals surface area contributed by atoms with Crippen LogP contribution < -0.4 is 5.32 Å². The van der Waals surface area contributed by atoms with E-state index >= 15 is 0 Å². The van der Waals surface area contributed by atoms with Crippen molar-refractivity contribution in [3.63, 3.8) is 0 Å². The topological polar surface area (TPSA) is 41.6 Å². The zero-order valence-electron chi connectivity index (χ0n) is 13.2. The van der Waals surface area contributed by atoms with Gasteiger partial charge in [-0.05, 0) is 39.2 Å². The van der Waals surface area contributed by atoms with E-state index < -0.39 is 0 Å². The van der Waals surface area contributed by atoms with Gasteiger partial charge >= 0.3 is 0 Å². The average molecular weight is 290 g/mol. The molecule has 1 aromatic rings. The molecule has 3 unspecified atom stereocenters. The fraction of sp³-hybridized carbons (Fsp3) is 0.588. The summed E-state index contributed by atoms with van der Waals surface area (Å²) in [6.45, 7) is 7.35. The molecule has 3 atom stereocenters. The molecule has 0 spiro atoms. The number of hydrogen-bond donors (Lipinski definition) is 1. The molecule has 0 aliphatic carbocycles. The number of ether oxygens (including phenoxy) is 1. The molecule has 21 heavy (non-hydrogen) atoms. The van der Waals surface area contributed by atoms with E-state index in [2.05, 4.69) is 17.4 Å². The number of carbonyl (C=O) groups excluding carboxylic acids is 1. The standard InChI is InChI=1S/C17H26N2O2/c1-4-21-12-13(2)19-14(3)18-16(17(19)20)11-10-15-8-6-5-7-9-15/h5-9,13-14,16,18H,4,10-12H2,1-3H3. The molecule has 1 N–H and O–H groups in total. The van der Waals surface area contributed by atoms with Crippen molar-refractivity contribution < 1.29 is 9.53 Å². The first-order valence-electron chi connectivity index (χ1n) is 7.83. The van der Waals surface area contributed by atoms with Crippen LogP contribution in [0.4, 0.5) is 0 Å². The molecule has 1 fully saturated rings. The molecule has 4 heteroatoms. The van der Waals surface area contributed by atoms with Gasteiger partial charge in [-0.2, -0.15) is 0 Å². The van der Waals surface area contributed by atoms with Gasteiger partial charge in [-0.25, -0.2) is 0 Å². The average Bonchev–Trinajstić information content (AvgIpc) is 2.78. The molecule has 0 aromatic heterocycles. The number of amides is 1. The van der Waals surface area contributed by atoms with Crippen LogP contribution in [0.3, 0.4) is 0 Å². The quantitative estimate of drug-likeness (QED) is 0.837. The Morgan fingerprint density at radius 2 is 2.05 bits per heavy atom. The molecule has 116 valence electrons. The Kier molecular flexibility index (Phi) is 5.76. The Hall–Kier alpha value is -1.39. The van der Waals surface area contributed by atoms with E-state index in [0.717, 1.165) is 12.8 Å². The van der Waals surface area contributed by atoms with Crippen molar-refractivity contribution in [3.05, 3.63) is 35.9 Å². The van der Waals surface area contributed by atoms with E-state index in [0.29, 0.717) is 13.2 Å². The molecule has 1 saturated heterocycles. The fourth-order valence-corrected chi connectivity index (χ4v) is 2.94. The van der Waals surface area contributed by atoms with Crippen LogP contribution in [0.2, 0.25) is 0 Å². The minimum absolute atomic E-state index is 0.0775. The number of hydrogen-bond acceptors (Lipinski definition) is 3.